The van der Waals surface area contributed by atoms with E-state index in [2.05, 4.69) is 25.7 Å². The van der Waals surface area contributed by atoms with E-state index in [1.807, 2.05) is 0 Å². The molecule has 1 saturated carbocycles. The van der Waals surface area contributed by atoms with E-state index in [0.29, 0.717) is 12.1 Å². The van der Waals surface area contributed by atoms with Crippen molar-refractivity contribution in [3.8, 4) is 0 Å². The first kappa shape index (κ1) is 11.0. The van der Waals surface area contributed by atoms with Crippen LogP contribution in [0, 0.1) is 5.92 Å². The Morgan fingerprint density at radius 2 is 2.00 bits per heavy atom. The Labute approximate surface area is 82.5 Å². The fourth-order valence-electron chi connectivity index (χ4n) is 1.71. The molecule has 0 heterocycles. The topological polar surface area (TPSA) is 29.3 Å². The molecule has 0 saturated heterocycles. The largest absolute Gasteiger partial charge is 0.327 e. The third-order valence-corrected chi connectivity index (χ3v) is 3.04. The third kappa shape index (κ3) is 3.65. The van der Waals surface area contributed by atoms with Gasteiger partial charge in [-0.15, -0.1) is 0 Å². The minimum atomic E-state index is 0.297. The second-order valence-corrected chi connectivity index (χ2v) is 4.54. The van der Waals surface area contributed by atoms with E-state index >= 15 is 0 Å². The lowest BCUT2D eigenvalue weighted by molar-refractivity contribution is 0.181. The molecule has 0 amide bonds. The van der Waals surface area contributed by atoms with Gasteiger partial charge in [-0.25, -0.2) is 0 Å². The molecule has 1 fully saturated rings. The molecule has 0 bridgehead atoms. The van der Waals surface area contributed by atoms with Gasteiger partial charge in [0.1, 0.15) is 0 Å². The van der Waals surface area contributed by atoms with Crippen molar-refractivity contribution in [2.75, 3.05) is 13.1 Å². The Morgan fingerprint density at radius 1 is 1.38 bits per heavy atom. The van der Waals surface area contributed by atoms with Crippen molar-refractivity contribution in [1.29, 1.82) is 0 Å². The molecule has 2 N–H and O–H groups in total. The van der Waals surface area contributed by atoms with Crippen LogP contribution < -0.4 is 5.73 Å². The van der Waals surface area contributed by atoms with Gasteiger partial charge in [-0.1, -0.05) is 6.92 Å². The van der Waals surface area contributed by atoms with Gasteiger partial charge in [0.25, 0.3) is 0 Å². The Hall–Kier alpha value is -0.0800. The van der Waals surface area contributed by atoms with Crippen LogP contribution in [0.3, 0.4) is 0 Å². The average molecular weight is 184 g/mol. The zero-order valence-electron chi connectivity index (χ0n) is 9.29. The lowest BCUT2D eigenvalue weighted by atomic mass is 10.1. The molecule has 0 aromatic rings. The fourth-order valence-corrected chi connectivity index (χ4v) is 1.71. The van der Waals surface area contributed by atoms with Crippen molar-refractivity contribution in [2.45, 2.75) is 52.1 Å². The Bertz CT molecular complexity index is 141. The maximum atomic E-state index is 5.92. The van der Waals surface area contributed by atoms with Crippen LogP contribution in [0.2, 0.25) is 0 Å². The van der Waals surface area contributed by atoms with Gasteiger partial charge in [-0.05, 0) is 45.6 Å². The summed E-state index contributed by atoms with van der Waals surface area (Å²) >= 11 is 0. The lowest BCUT2D eigenvalue weighted by Gasteiger charge is -2.31. The van der Waals surface area contributed by atoms with E-state index in [-0.39, 0.29) is 0 Å². The number of hydrogen-bond donors (Lipinski definition) is 1. The molecule has 2 heteroatoms. The van der Waals surface area contributed by atoms with Crippen LogP contribution >= 0.6 is 0 Å². The summed E-state index contributed by atoms with van der Waals surface area (Å²) in [7, 11) is 0. The van der Waals surface area contributed by atoms with E-state index in [1.165, 1.54) is 32.4 Å². The zero-order valence-corrected chi connectivity index (χ0v) is 9.29. The van der Waals surface area contributed by atoms with Crippen LogP contribution in [-0.4, -0.2) is 30.1 Å². The first-order valence-corrected chi connectivity index (χ1v) is 5.64. The number of rotatable bonds is 6. The highest BCUT2D eigenvalue weighted by Gasteiger charge is 2.26. The zero-order chi connectivity index (χ0) is 9.84. The van der Waals surface area contributed by atoms with Crippen molar-refractivity contribution in [3.05, 3.63) is 0 Å². The second kappa shape index (κ2) is 4.97. The molecule has 78 valence electrons. The standard InChI is InChI=1S/C11H24N2/c1-4-7-13(8-11-5-6-11)10(3)9(2)12/h9-11H,4-8,12H2,1-3H3. The van der Waals surface area contributed by atoms with Gasteiger partial charge in [0.05, 0.1) is 0 Å². The number of nitrogens with zero attached hydrogens (tertiary/aromatic N) is 1. The highest BCUT2D eigenvalue weighted by molar-refractivity contribution is 4.82. The summed E-state index contributed by atoms with van der Waals surface area (Å²) in [6.45, 7) is 9.09. The predicted molar refractivity (Wildman–Crippen MR) is 57.7 cm³/mol. The molecule has 1 aliphatic carbocycles. The molecular formula is C11H24N2. The molecule has 0 radical (unpaired) electrons. The van der Waals surface area contributed by atoms with Gasteiger partial charge >= 0.3 is 0 Å². The van der Waals surface area contributed by atoms with Crippen molar-refractivity contribution in [3.63, 3.8) is 0 Å². The van der Waals surface area contributed by atoms with Gasteiger partial charge in [-0.2, -0.15) is 0 Å². The molecule has 0 spiro atoms. The van der Waals surface area contributed by atoms with Crippen molar-refractivity contribution >= 4 is 0 Å². The molecule has 0 aromatic heterocycles. The van der Waals surface area contributed by atoms with Gasteiger partial charge in [0, 0.05) is 18.6 Å². The Kier molecular flexibility index (Phi) is 4.20. The minimum absolute atomic E-state index is 0.297. The van der Waals surface area contributed by atoms with E-state index in [9.17, 15) is 0 Å². The monoisotopic (exact) mass is 184 g/mol. The minimum Gasteiger partial charge on any atom is -0.327 e. The average Bonchev–Trinajstić information content (AvgIpc) is 2.86. The van der Waals surface area contributed by atoms with E-state index in [4.69, 9.17) is 5.73 Å². The summed E-state index contributed by atoms with van der Waals surface area (Å²) in [4.78, 5) is 2.56. The summed E-state index contributed by atoms with van der Waals surface area (Å²) in [6, 6.07) is 0.839. The van der Waals surface area contributed by atoms with Crippen LogP contribution in [0.25, 0.3) is 0 Å². The molecule has 2 unspecified atom stereocenters. The quantitative estimate of drug-likeness (QED) is 0.682. The van der Waals surface area contributed by atoms with Crippen LogP contribution in [-0.2, 0) is 0 Å². The van der Waals surface area contributed by atoms with E-state index < -0.39 is 0 Å². The van der Waals surface area contributed by atoms with Gasteiger partial charge in [0.15, 0.2) is 0 Å². The molecule has 13 heavy (non-hydrogen) atoms. The first-order chi connectivity index (χ1) is 6.15. The molecule has 2 nitrogen and oxygen atoms in total. The maximum Gasteiger partial charge on any atom is 0.0216 e. The van der Waals surface area contributed by atoms with E-state index in [0.717, 1.165) is 5.92 Å². The maximum absolute atomic E-state index is 5.92. The summed E-state index contributed by atoms with van der Waals surface area (Å²) in [6.07, 6.45) is 4.11. The molecule has 2 atom stereocenters. The number of hydrogen-bond acceptors (Lipinski definition) is 2. The molecule has 0 aliphatic heterocycles. The van der Waals surface area contributed by atoms with Crippen molar-refractivity contribution < 1.29 is 0 Å². The van der Waals surface area contributed by atoms with Gasteiger partial charge < -0.3 is 5.73 Å². The first-order valence-electron chi connectivity index (χ1n) is 5.64. The number of nitrogens with two attached hydrogens (primary N) is 1. The van der Waals surface area contributed by atoms with Crippen LogP contribution in [0.1, 0.15) is 40.0 Å². The normalized spacial score (nSPS) is 21.9. The second-order valence-electron chi connectivity index (χ2n) is 4.54. The molecule has 1 aliphatic rings. The van der Waals surface area contributed by atoms with E-state index in [1.54, 1.807) is 0 Å². The molecule has 1 rings (SSSR count). The van der Waals surface area contributed by atoms with Crippen LogP contribution in [0.4, 0.5) is 0 Å². The summed E-state index contributed by atoms with van der Waals surface area (Å²) < 4.78 is 0. The van der Waals surface area contributed by atoms with Gasteiger partial charge in [0.2, 0.25) is 0 Å². The van der Waals surface area contributed by atoms with Crippen LogP contribution in [0.15, 0.2) is 0 Å². The van der Waals surface area contributed by atoms with Crippen LogP contribution in [0.5, 0.6) is 0 Å². The summed E-state index contributed by atoms with van der Waals surface area (Å²) in [5, 5.41) is 0. The third-order valence-electron chi connectivity index (χ3n) is 3.04. The fraction of sp³-hybridized carbons (Fsp3) is 1.00. The summed E-state index contributed by atoms with van der Waals surface area (Å²) in [5.74, 6) is 0.979. The van der Waals surface area contributed by atoms with Gasteiger partial charge in [-0.3, -0.25) is 4.90 Å². The Balaban J connectivity index is 2.34. The smallest absolute Gasteiger partial charge is 0.0216 e. The summed E-state index contributed by atoms with van der Waals surface area (Å²) in [5.41, 5.74) is 5.92. The Morgan fingerprint density at radius 3 is 2.38 bits per heavy atom. The molecular weight excluding hydrogens is 160 g/mol. The highest BCUT2D eigenvalue weighted by atomic mass is 15.2. The van der Waals surface area contributed by atoms with Crippen molar-refractivity contribution in [1.82, 2.24) is 4.90 Å². The predicted octanol–water partition coefficient (Wildman–Crippen LogP) is 1.84. The molecule has 0 aromatic carbocycles. The SMILES string of the molecule is CCCN(CC1CC1)C(C)C(C)N. The highest BCUT2D eigenvalue weighted by Crippen LogP contribution is 2.30. The van der Waals surface area contributed by atoms with Crippen molar-refractivity contribution in [2.24, 2.45) is 11.7 Å². The lowest BCUT2D eigenvalue weighted by Crippen LogP contribution is -2.45.